The SMILES string of the molecule is CC1CC(c2cccc(-n3cc(Cl)c4cc(CN5CCC[C@H](C)C5)[nH]c4c3=O)c2)(c2nncn2C)C1. The van der Waals surface area contributed by atoms with Gasteiger partial charge in [0.25, 0.3) is 5.56 Å². The van der Waals surface area contributed by atoms with Crippen molar-refractivity contribution in [2.45, 2.75) is 51.5 Å². The molecule has 0 bridgehead atoms. The van der Waals surface area contributed by atoms with Gasteiger partial charge in [0.15, 0.2) is 0 Å². The van der Waals surface area contributed by atoms with E-state index in [0.29, 0.717) is 22.4 Å². The van der Waals surface area contributed by atoms with Gasteiger partial charge in [-0.15, -0.1) is 10.2 Å². The van der Waals surface area contributed by atoms with Gasteiger partial charge < -0.3 is 9.55 Å². The average molecular weight is 505 g/mol. The van der Waals surface area contributed by atoms with Gasteiger partial charge in [-0.2, -0.15) is 0 Å². The van der Waals surface area contributed by atoms with Crippen LogP contribution in [-0.4, -0.2) is 42.3 Å². The van der Waals surface area contributed by atoms with Gasteiger partial charge in [0.2, 0.25) is 0 Å². The number of piperidine rings is 1. The molecule has 4 heterocycles. The summed E-state index contributed by atoms with van der Waals surface area (Å²) in [6.45, 7) is 7.56. The van der Waals surface area contributed by atoms with Crippen molar-refractivity contribution < 1.29 is 0 Å². The summed E-state index contributed by atoms with van der Waals surface area (Å²) in [6.07, 6.45) is 8.04. The Labute approximate surface area is 216 Å². The molecule has 1 atom stereocenters. The molecule has 4 aromatic rings. The van der Waals surface area contributed by atoms with Crippen LogP contribution in [0.1, 0.15) is 56.6 Å². The molecule has 8 heteroatoms. The molecule has 6 rings (SSSR count). The molecule has 0 unspecified atom stereocenters. The molecule has 1 aromatic carbocycles. The number of nitrogens with zero attached hydrogens (tertiary/aromatic N) is 5. The van der Waals surface area contributed by atoms with Crippen molar-refractivity contribution in [3.8, 4) is 5.69 Å². The van der Waals surface area contributed by atoms with Crippen molar-refractivity contribution in [1.82, 2.24) is 29.2 Å². The summed E-state index contributed by atoms with van der Waals surface area (Å²) >= 11 is 6.74. The van der Waals surface area contributed by atoms with Crippen molar-refractivity contribution in [1.29, 1.82) is 0 Å². The summed E-state index contributed by atoms with van der Waals surface area (Å²) in [6, 6.07) is 10.3. The van der Waals surface area contributed by atoms with E-state index in [1.807, 2.05) is 29.8 Å². The number of pyridine rings is 1. The van der Waals surface area contributed by atoms with E-state index < -0.39 is 0 Å². The number of hydrogen-bond donors (Lipinski definition) is 1. The predicted octanol–water partition coefficient (Wildman–Crippen LogP) is 5.05. The minimum Gasteiger partial charge on any atom is -0.353 e. The fraction of sp³-hybridized carbons (Fsp3) is 0.464. The minimum atomic E-state index is -0.191. The molecule has 0 spiro atoms. The Kier molecular flexibility index (Phi) is 5.80. The van der Waals surface area contributed by atoms with E-state index in [-0.39, 0.29) is 11.0 Å². The highest BCUT2D eigenvalue weighted by molar-refractivity contribution is 6.35. The topological polar surface area (TPSA) is 71.7 Å². The molecule has 0 radical (unpaired) electrons. The maximum absolute atomic E-state index is 13.7. The van der Waals surface area contributed by atoms with Crippen LogP contribution in [0.3, 0.4) is 0 Å². The number of aromatic nitrogens is 5. The van der Waals surface area contributed by atoms with Crippen molar-refractivity contribution >= 4 is 22.5 Å². The van der Waals surface area contributed by atoms with E-state index in [9.17, 15) is 4.79 Å². The summed E-state index contributed by atoms with van der Waals surface area (Å²) < 4.78 is 3.68. The monoisotopic (exact) mass is 504 g/mol. The first-order valence-electron chi connectivity index (χ1n) is 12.9. The lowest BCUT2D eigenvalue weighted by Crippen LogP contribution is -2.43. The second kappa shape index (κ2) is 8.89. The van der Waals surface area contributed by atoms with E-state index >= 15 is 0 Å². The molecule has 1 saturated heterocycles. The van der Waals surface area contributed by atoms with Crippen molar-refractivity contribution in [3.05, 3.63) is 75.3 Å². The second-order valence-corrected chi connectivity index (χ2v) is 11.5. The fourth-order valence-electron chi connectivity index (χ4n) is 6.52. The number of aryl methyl sites for hydroxylation is 1. The van der Waals surface area contributed by atoms with Crippen molar-refractivity contribution in [3.63, 3.8) is 0 Å². The first kappa shape index (κ1) is 23.5. The minimum absolute atomic E-state index is 0.0838. The number of likely N-dealkylation sites (tertiary alicyclic amines) is 1. The van der Waals surface area contributed by atoms with E-state index in [1.54, 1.807) is 17.1 Å². The highest BCUT2D eigenvalue weighted by atomic mass is 35.5. The maximum Gasteiger partial charge on any atom is 0.279 e. The number of fused-ring (bicyclic) bond motifs is 1. The van der Waals surface area contributed by atoms with Crippen LogP contribution in [0.15, 0.2) is 47.7 Å². The third-order valence-electron chi connectivity index (χ3n) is 8.15. The Morgan fingerprint density at radius 3 is 2.75 bits per heavy atom. The number of H-pyrrole nitrogens is 1. The van der Waals surface area contributed by atoms with Crippen LogP contribution in [0, 0.1) is 11.8 Å². The molecule has 1 aliphatic carbocycles. The molecular formula is C28H33ClN6O. The van der Waals surface area contributed by atoms with Gasteiger partial charge in [0, 0.05) is 43.1 Å². The summed E-state index contributed by atoms with van der Waals surface area (Å²) in [7, 11) is 2.00. The van der Waals surface area contributed by atoms with E-state index in [1.165, 1.54) is 12.8 Å². The Morgan fingerprint density at radius 2 is 2.03 bits per heavy atom. The molecule has 1 saturated carbocycles. The molecule has 0 amide bonds. The number of halogens is 1. The van der Waals surface area contributed by atoms with E-state index in [2.05, 4.69) is 46.1 Å². The van der Waals surface area contributed by atoms with Gasteiger partial charge in [0.1, 0.15) is 17.7 Å². The largest absolute Gasteiger partial charge is 0.353 e. The molecule has 1 aliphatic heterocycles. The Balaban J connectivity index is 1.38. The summed E-state index contributed by atoms with van der Waals surface area (Å²) in [5.74, 6) is 2.29. The zero-order valence-electron chi connectivity index (χ0n) is 21.2. The third-order valence-corrected chi connectivity index (χ3v) is 8.45. The maximum atomic E-state index is 13.7. The standard InChI is InChI=1S/C28H33ClN6O/c1-18-6-5-9-34(14-18)15-21-11-23-24(29)16-35(26(36)25(23)31-21)22-8-4-7-20(10-22)28(12-19(2)13-28)27-32-30-17-33(27)3/h4,7-8,10-11,16-19,31H,5-6,9,12-15H2,1-3H3/t18-,19?,28?/m0/s1. The molecular weight excluding hydrogens is 472 g/mol. The zero-order valence-corrected chi connectivity index (χ0v) is 21.9. The van der Waals surface area contributed by atoms with Gasteiger partial charge in [-0.3, -0.25) is 14.3 Å². The van der Waals surface area contributed by atoms with Crippen LogP contribution < -0.4 is 5.56 Å². The predicted molar refractivity (Wildman–Crippen MR) is 143 cm³/mol. The summed E-state index contributed by atoms with van der Waals surface area (Å²) in [5, 5.41) is 9.97. The molecule has 188 valence electrons. The van der Waals surface area contributed by atoms with Crippen LogP contribution in [0.2, 0.25) is 5.02 Å². The van der Waals surface area contributed by atoms with Crippen LogP contribution in [0.25, 0.3) is 16.6 Å². The van der Waals surface area contributed by atoms with Crippen molar-refractivity contribution in [2.75, 3.05) is 13.1 Å². The summed E-state index contributed by atoms with van der Waals surface area (Å²) in [5.41, 5.74) is 3.29. The molecule has 1 N–H and O–H groups in total. The fourth-order valence-corrected chi connectivity index (χ4v) is 6.77. The normalized spacial score (nSPS) is 24.8. The zero-order chi connectivity index (χ0) is 25.0. The molecule has 2 fully saturated rings. The highest BCUT2D eigenvalue weighted by Gasteiger charge is 2.48. The number of aromatic amines is 1. The molecule has 3 aromatic heterocycles. The number of hydrogen-bond acceptors (Lipinski definition) is 4. The average Bonchev–Trinajstić information content (AvgIpc) is 3.46. The lowest BCUT2D eigenvalue weighted by Gasteiger charge is -2.46. The Bertz CT molecular complexity index is 1480. The first-order chi connectivity index (χ1) is 17.3. The quantitative estimate of drug-likeness (QED) is 0.413. The highest BCUT2D eigenvalue weighted by Crippen LogP contribution is 2.51. The molecule has 7 nitrogen and oxygen atoms in total. The number of nitrogens with one attached hydrogen (secondary N) is 1. The lowest BCUT2D eigenvalue weighted by atomic mass is 9.58. The molecule has 36 heavy (non-hydrogen) atoms. The van der Waals surface area contributed by atoms with E-state index in [0.717, 1.165) is 60.6 Å². The smallest absolute Gasteiger partial charge is 0.279 e. The van der Waals surface area contributed by atoms with Crippen LogP contribution in [-0.2, 0) is 19.0 Å². The van der Waals surface area contributed by atoms with Gasteiger partial charge >= 0.3 is 0 Å². The van der Waals surface area contributed by atoms with Gasteiger partial charge in [-0.25, -0.2) is 0 Å². The summed E-state index contributed by atoms with van der Waals surface area (Å²) in [4.78, 5) is 19.5. The van der Waals surface area contributed by atoms with Gasteiger partial charge in [-0.1, -0.05) is 37.6 Å². The van der Waals surface area contributed by atoms with Gasteiger partial charge in [-0.05, 0) is 67.8 Å². The van der Waals surface area contributed by atoms with Crippen molar-refractivity contribution in [2.24, 2.45) is 18.9 Å². The number of rotatable bonds is 5. The first-order valence-corrected chi connectivity index (χ1v) is 13.3. The second-order valence-electron chi connectivity index (χ2n) is 11.1. The van der Waals surface area contributed by atoms with E-state index in [4.69, 9.17) is 11.6 Å². The molecule has 2 aliphatic rings. The van der Waals surface area contributed by atoms with Crippen LogP contribution in [0.5, 0.6) is 0 Å². The third kappa shape index (κ3) is 3.89. The number of benzene rings is 1. The van der Waals surface area contributed by atoms with Crippen LogP contribution in [0.4, 0.5) is 0 Å². The van der Waals surface area contributed by atoms with Gasteiger partial charge in [0.05, 0.1) is 10.4 Å². The Hall–Kier alpha value is -2.90. The lowest BCUT2D eigenvalue weighted by molar-refractivity contribution is 0.175. The Morgan fingerprint density at radius 1 is 1.19 bits per heavy atom. The van der Waals surface area contributed by atoms with Crippen LogP contribution >= 0.6 is 11.6 Å².